The minimum absolute atomic E-state index is 0.247. The van der Waals surface area contributed by atoms with Crippen molar-refractivity contribution in [2.24, 2.45) is 0 Å². The van der Waals surface area contributed by atoms with Crippen molar-refractivity contribution < 1.29 is 14.3 Å². The second-order valence-corrected chi connectivity index (χ2v) is 5.65. The summed E-state index contributed by atoms with van der Waals surface area (Å²) in [5.41, 5.74) is 1.41. The first kappa shape index (κ1) is 17.1. The fourth-order valence-electron chi connectivity index (χ4n) is 1.97. The molecule has 2 rings (SSSR count). The second-order valence-electron chi connectivity index (χ2n) is 4.79. The molecule has 0 aliphatic rings. The van der Waals surface area contributed by atoms with Gasteiger partial charge in [-0.3, -0.25) is 4.98 Å². The van der Waals surface area contributed by atoms with Gasteiger partial charge in [-0.2, -0.15) is 0 Å². The summed E-state index contributed by atoms with van der Waals surface area (Å²) >= 11 is 3.41. The van der Waals surface area contributed by atoms with Crippen LogP contribution in [0.2, 0.25) is 0 Å². The number of ether oxygens (including phenoxy) is 2. The quantitative estimate of drug-likeness (QED) is 0.862. The van der Waals surface area contributed by atoms with Crippen molar-refractivity contribution in [3.8, 4) is 11.5 Å². The van der Waals surface area contributed by atoms with Gasteiger partial charge in [-0.25, -0.2) is 4.79 Å². The fraction of sp³-hybridized carbons (Fsp3) is 0.250. The summed E-state index contributed by atoms with van der Waals surface area (Å²) in [6, 6.07) is 8.80. The highest BCUT2D eigenvalue weighted by molar-refractivity contribution is 9.10. The molecule has 0 saturated heterocycles. The summed E-state index contributed by atoms with van der Waals surface area (Å²) in [6.07, 6.45) is 1.70. The molecule has 1 heterocycles. The van der Waals surface area contributed by atoms with Gasteiger partial charge in [-0.1, -0.05) is 6.07 Å². The van der Waals surface area contributed by atoms with Gasteiger partial charge >= 0.3 is 6.03 Å². The van der Waals surface area contributed by atoms with Gasteiger partial charge < -0.3 is 19.7 Å². The number of hydrogen-bond acceptors (Lipinski definition) is 4. The maximum atomic E-state index is 12.3. The molecule has 6 nitrogen and oxygen atoms in total. The molecule has 0 aliphatic carbocycles. The van der Waals surface area contributed by atoms with Crippen LogP contribution in [0.3, 0.4) is 0 Å². The van der Waals surface area contributed by atoms with Crippen LogP contribution in [0.5, 0.6) is 11.5 Å². The Kier molecular flexibility index (Phi) is 5.81. The van der Waals surface area contributed by atoms with E-state index in [4.69, 9.17) is 9.47 Å². The number of hydrogen-bond donors (Lipinski definition) is 1. The minimum Gasteiger partial charge on any atom is -0.493 e. The molecule has 1 aromatic heterocycles. The first-order valence-corrected chi connectivity index (χ1v) is 7.68. The number of carbonyl (C=O) groups is 1. The number of methoxy groups -OCH3 is 2. The molecule has 0 unspecified atom stereocenters. The van der Waals surface area contributed by atoms with Gasteiger partial charge in [0.15, 0.2) is 11.5 Å². The smallest absolute Gasteiger partial charge is 0.321 e. The molecule has 1 aromatic carbocycles. The molecule has 7 heteroatoms. The van der Waals surface area contributed by atoms with Crippen LogP contribution in [0, 0.1) is 0 Å². The largest absolute Gasteiger partial charge is 0.493 e. The normalized spacial score (nSPS) is 10.1. The lowest BCUT2D eigenvalue weighted by Gasteiger charge is -2.19. The maximum Gasteiger partial charge on any atom is 0.321 e. The van der Waals surface area contributed by atoms with E-state index in [1.165, 1.54) is 0 Å². The van der Waals surface area contributed by atoms with E-state index in [0.29, 0.717) is 28.2 Å². The highest BCUT2D eigenvalue weighted by Gasteiger charge is 2.14. The van der Waals surface area contributed by atoms with Gasteiger partial charge in [-0.05, 0) is 28.1 Å². The van der Waals surface area contributed by atoms with Gasteiger partial charge in [0.1, 0.15) is 0 Å². The molecule has 1 N–H and O–H groups in total. The molecular weight excluding hydrogens is 362 g/mol. The summed E-state index contributed by atoms with van der Waals surface area (Å²) in [5, 5.41) is 2.83. The predicted octanol–water partition coefficient (Wildman–Crippen LogP) is 3.53. The number of urea groups is 1. The Labute approximate surface area is 143 Å². The Morgan fingerprint density at radius 1 is 1.26 bits per heavy atom. The first-order chi connectivity index (χ1) is 11.0. The molecule has 0 atom stereocenters. The van der Waals surface area contributed by atoms with Crippen LogP contribution in [-0.4, -0.2) is 37.2 Å². The highest BCUT2D eigenvalue weighted by atomic mass is 79.9. The van der Waals surface area contributed by atoms with Gasteiger partial charge in [0.2, 0.25) is 0 Å². The van der Waals surface area contributed by atoms with E-state index in [0.717, 1.165) is 5.69 Å². The molecule has 0 spiro atoms. The van der Waals surface area contributed by atoms with Crippen molar-refractivity contribution in [3.63, 3.8) is 0 Å². The molecule has 0 fully saturated rings. The lowest BCUT2D eigenvalue weighted by atomic mass is 10.2. The van der Waals surface area contributed by atoms with Crippen LogP contribution >= 0.6 is 15.9 Å². The molecule has 0 radical (unpaired) electrons. The molecule has 122 valence electrons. The number of benzene rings is 1. The van der Waals surface area contributed by atoms with Gasteiger partial charge in [-0.15, -0.1) is 0 Å². The predicted molar refractivity (Wildman–Crippen MR) is 92.0 cm³/mol. The zero-order valence-corrected chi connectivity index (χ0v) is 14.8. The molecule has 2 amide bonds. The van der Waals surface area contributed by atoms with Gasteiger partial charge in [0.05, 0.1) is 32.1 Å². The standard InChI is InChI=1S/C16H18BrN3O3/c1-20(10-11-6-4-5-7-18-11)16(21)19-13-9-15(23-3)14(22-2)8-12(13)17/h4-9H,10H2,1-3H3,(H,19,21). The minimum atomic E-state index is -0.247. The molecule has 2 aromatic rings. The Hall–Kier alpha value is -2.28. The summed E-state index contributed by atoms with van der Waals surface area (Å²) in [7, 11) is 4.81. The van der Waals surface area contributed by atoms with Gasteiger partial charge in [0, 0.05) is 29.8 Å². The number of halogens is 1. The molecule has 0 bridgehead atoms. The number of anilines is 1. The monoisotopic (exact) mass is 379 g/mol. The third kappa shape index (κ3) is 4.35. The number of rotatable bonds is 5. The Balaban J connectivity index is 2.10. The van der Waals surface area contributed by atoms with E-state index in [9.17, 15) is 4.79 Å². The van der Waals surface area contributed by atoms with Crippen molar-refractivity contribution in [1.29, 1.82) is 0 Å². The third-order valence-corrected chi connectivity index (χ3v) is 3.84. The number of nitrogens with zero attached hydrogens (tertiary/aromatic N) is 2. The summed E-state index contributed by atoms with van der Waals surface area (Å²) in [4.78, 5) is 18.1. The van der Waals surface area contributed by atoms with Crippen LogP contribution in [0.4, 0.5) is 10.5 Å². The van der Waals surface area contributed by atoms with E-state index >= 15 is 0 Å². The lowest BCUT2D eigenvalue weighted by Crippen LogP contribution is -2.31. The van der Waals surface area contributed by atoms with Crippen molar-refractivity contribution in [2.75, 3.05) is 26.6 Å². The topological polar surface area (TPSA) is 63.7 Å². The van der Waals surface area contributed by atoms with E-state index in [1.807, 2.05) is 18.2 Å². The Morgan fingerprint density at radius 3 is 2.57 bits per heavy atom. The molecule has 0 saturated carbocycles. The zero-order valence-electron chi connectivity index (χ0n) is 13.2. The highest BCUT2D eigenvalue weighted by Crippen LogP contribution is 2.36. The molecule has 23 heavy (non-hydrogen) atoms. The average molecular weight is 380 g/mol. The van der Waals surface area contributed by atoms with E-state index < -0.39 is 0 Å². The van der Waals surface area contributed by atoms with Crippen molar-refractivity contribution in [1.82, 2.24) is 9.88 Å². The van der Waals surface area contributed by atoms with E-state index in [2.05, 4.69) is 26.2 Å². The van der Waals surface area contributed by atoms with Crippen molar-refractivity contribution >= 4 is 27.6 Å². The van der Waals surface area contributed by atoms with Crippen LogP contribution in [-0.2, 0) is 6.54 Å². The van der Waals surface area contributed by atoms with Crippen molar-refractivity contribution in [2.45, 2.75) is 6.54 Å². The lowest BCUT2D eigenvalue weighted by molar-refractivity contribution is 0.220. The van der Waals surface area contributed by atoms with Crippen LogP contribution in [0.1, 0.15) is 5.69 Å². The second kappa shape index (κ2) is 7.82. The van der Waals surface area contributed by atoms with Crippen LogP contribution in [0.25, 0.3) is 0 Å². The zero-order chi connectivity index (χ0) is 16.8. The number of amides is 2. The average Bonchev–Trinajstić information content (AvgIpc) is 2.57. The number of aromatic nitrogens is 1. The van der Waals surface area contributed by atoms with Gasteiger partial charge in [0.25, 0.3) is 0 Å². The van der Waals surface area contributed by atoms with Crippen LogP contribution < -0.4 is 14.8 Å². The van der Waals surface area contributed by atoms with Crippen molar-refractivity contribution in [3.05, 3.63) is 46.7 Å². The maximum absolute atomic E-state index is 12.3. The number of nitrogens with one attached hydrogen (secondary N) is 1. The summed E-state index contributed by atoms with van der Waals surface area (Å²) in [6.45, 7) is 0.414. The summed E-state index contributed by atoms with van der Waals surface area (Å²) < 4.78 is 11.2. The third-order valence-electron chi connectivity index (χ3n) is 3.19. The van der Waals surface area contributed by atoms with Crippen LogP contribution in [0.15, 0.2) is 41.0 Å². The fourth-order valence-corrected chi connectivity index (χ4v) is 2.39. The van der Waals surface area contributed by atoms with E-state index in [1.54, 1.807) is 44.5 Å². The number of carbonyl (C=O) groups excluding carboxylic acids is 1. The summed E-state index contributed by atoms with van der Waals surface area (Å²) in [5.74, 6) is 1.12. The SMILES string of the molecule is COc1cc(Br)c(NC(=O)N(C)Cc2ccccn2)cc1OC. The molecular formula is C16H18BrN3O3. The number of pyridine rings is 1. The Bertz CT molecular complexity index is 680. The van der Waals surface area contributed by atoms with E-state index in [-0.39, 0.29) is 6.03 Å². The Morgan fingerprint density at radius 2 is 1.96 bits per heavy atom. The first-order valence-electron chi connectivity index (χ1n) is 6.88. The molecule has 0 aliphatic heterocycles.